The highest BCUT2D eigenvalue weighted by atomic mass is 35.5. The molecule has 0 radical (unpaired) electrons. The summed E-state index contributed by atoms with van der Waals surface area (Å²) in [5, 5.41) is 35.9. The fourth-order valence-corrected chi connectivity index (χ4v) is 1.94. The Morgan fingerprint density at radius 3 is 1.50 bits per heavy atom. The van der Waals surface area contributed by atoms with Gasteiger partial charge in [0.05, 0.1) is 0 Å². The number of hydrogen-bond acceptors (Lipinski definition) is 6. The zero-order valence-corrected chi connectivity index (χ0v) is 14.7. The number of benzene rings is 2. The van der Waals surface area contributed by atoms with E-state index in [9.17, 15) is 0 Å². The summed E-state index contributed by atoms with van der Waals surface area (Å²) < 4.78 is 0. The van der Waals surface area contributed by atoms with Crippen LogP contribution in [0.3, 0.4) is 0 Å². The molecule has 0 aliphatic heterocycles. The summed E-state index contributed by atoms with van der Waals surface area (Å²) in [6.45, 7) is 0.546. The van der Waals surface area contributed by atoms with Crippen LogP contribution in [0.15, 0.2) is 36.4 Å². The van der Waals surface area contributed by atoms with Crippen molar-refractivity contribution < 1.29 is 20.4 Å². The summed E-state index contributed by atoms with van der Waals surface area (Å²) in [6, 6.07) is 9.41. The van der Waals surface area contributed by atoms with E-state index in [1.807, 2.05) is 0 Å². The van der Waals surface area contributed by atoms with E-state index >= 15 is 0 Å². The van der Waals surface area contributed by atoms with Crippen LogP contribution in [0.25, 0.3) is 0 Å². The van der Waals surface area contributed by atoms with Crippen LogP contribution in [0.4, 0.5) is 0 Å². The molecule has 8 heteroatoms. The van der Waals surface area contributed by atoms with E-state index in [0.717, 1.165) is 11.1 Å². The number of phenolic OH excluding ortho intramolecular Hbond substituents is 4. The van der Waals surface area contributed by atoms with Crippen LogP contribution in [0.2, 0.25) is 0 Å². The highest BCUT2D eigenvalue weighted by molar-refractivity contribution is 6.17. The van der Waals surface area contributed by atoms with Crippen molar-refractivity contribution in [2.45, 2.75) is 12.8 Å². The lowest BCUT2D eigenvalue weighted by atomic mass is 10.1. The molecule has 0 bridgehead atoms. The number of rotatable bonds is 4. The minimum Gasteiger partial charge on any atom is -0.504 e. The molecular formula is C16H24Cl2N2O4. The number of phenols is 4. The molecule has 2 aromatic rings. The molecule has 6 nitrogen and oxygen atoms in total. The summed E-state index contributed by atoms with van der Waals surface area (Å²) >= 11 is 5.48. The lowest BCUT2D eigenvalue weighted by Gasteiger charge is -2.00. The summed E-state index contributed by atoms with van der Waals surface area (Å²) in [5.41, 5.74) is 7.16. The van der Waals surface area contributed by atoms with Gasteiger partial charge in [0, 0.05) is 5.88 Å². The lowest BCUT2D eigenvalue weighted by molar-refractivity contribution is 0.403. The molecule has 0 saturated heterocycles. The SMILES string of the molecule is Cl.N.NCCc1ccc(O)c(O)c1.Oc1ccc(CCCl)cc1O. The highest BCUT2D eigenvalue weighted by Gasteiger charge is 1.99. The Morgan fingerprint density at radius 2 is 1.17 bits per heavy atom. The third-order valence-corrected chi connectivity index (χ3v) is 3.08. The van der Waals surface area contributed by atoms with E-state index in [4.69, 9.17) is 37.8 Å². The average Bonchev–Trinajstić information content (AvgIpc) is 2.48. The number of alkyl halides is 1. The van der Waals surface area contributed by atoms with E-state index in [-0.39, 0.29) is 41.6 Å². The predicted octanol–water partition coefficient (Wildman–Crippen LogP) is 3.06. The third-order valence-electron chi connectivity index (χ3n) is 2.90. The van der Waals surface area contributed by atoms with Gasteiger partial charge in [0.1, 0.15) is 0 Å². The Kier molecular flexibility index (Phi) is 12.8. The second kappa shape index (κ2) is 12.5. The molecule has 0 aliphatic carbocycles. The van der Waals surface area contributed by atoms with E-state index in [1.165, 1.54) is 24.3 Å². The second-order valence-corrected chi connectivity index (χ2v) is 5.00. The summed E-state index contributed by atoms with van der Waals surface area (Å²) in [5.74, 6) is 0.155. The molecule has 0 spiro atoms. The van der Waals surface area contributed by atoms with Gasteiger partial charge < -0.3 is 32.3 Å². The minimum atomic E-state index is -0.0941. The normalized spacial score (nSPS) is 9.08. The highest BCUT2D eigenvalue weighted by Crippen LogP contribution is 2.25. The van der Waals surface area contributed by atoms with Gasteiger partial charge in [-0.2, -0.15) is 0 Å². The van der Waals surface area contributed by atoms with Gasteiger partial charge in [-0.05, 0) is 54.8 Å². The lowest BCUT2D eigenvalue weighted by Crippen LogP contribution is -2.02. The number of halogens is 2. The van der Waals surface area contributed by atoms with Crippen LogP contribution in [0, 0.1) is 0 Å². The van der Waals surface area contributed by atoms with Crippen molar-refractivity contribution in [2.24, 2.45) is 5.73 Å². The fourth-order valence-electron chi connectivity index (χ4n) is 1.72. The van der Waals surface area contributed by atoms with Crippen molar-refractivity contribution in [3.05, 3.63) is 47.5 Å². The van der Waals surface area contributed by atoms with Gasteiger partial charge in [0.25, 0.3) is 0 Å². The first-order valence-electron chi connectivity index (χ1n) is 6.75. The van der Waals surface area contributed by atoms with Crippen LogP contribution >= 0.6 is 24.0 Å². The van der Waals surface area contributed by atoms with Crippen molar-refractivity contribution in [1.29, 1.82) is 0 Å². The van der Waals surface area contributed by atoms with Gasteiger partial charge in [0.2, 0.25) is 0 Å². The number of aryl methyl sites for hydroxylation is 1. The molecule has 0 fully saturated rings. The zero-order chi connectivity index (χ0) is 16.5. The van der Waals surface area contributed by atoms with Crippen molar-refractivity contribution >= 4 is 24.0 Å². The van der Waals surface area contributed by atoms with Crippen LogP contribution in [-0.4, -0.2) is 32.9 Å². The first-order chi connectivity index (χ1) is 10.5. The minimum absolute atomic E-state index is 0. The maximum absolute atomic E-state index is 9.04. The van der Waals surface area contributed by atoms with Crippen LogP contribution in [0.1, 0.15) is 11.1 Å². The molecule has 0 amide bonds. The Balaban J connectivity index is 0. The monoisotopic (exact) mass is 378 g/mol. The molecule has 0 heterocycles. The molecule has 136 valence electrons. The quantitative estimate of drug-likeness (QED) is 0.356. The number of aromatic hydroxyl groups is 4. The predicted molar refractivity (Wildman–Crippen MR) is 99.0 cm³/mol. The summed E-state index contributed by atoms with van der Waals surface area (Å²) in [7, 11) is 0. The van der Waals surface area contributed by atoms with Crippen LogP contribution in [-0.2, 0) is 12.8 Å². The van der Waals surface area contributed by atoms with Gasteiger partial charge >= 0.3 is 0 Å². The van der Waals surface area contributed by atoms with Gasteiger partial charge in [-0.3, -0.25) is 0 Å². The second-order valence-electron chi connectivity index (χ2n) is 4.62. The van der Waals surface area contributed by atoms with Gasteiger partial charge in [0.15, 0.2) is 23.0 Å². The van der Waals surface area contributed by atoms with E-state index in [2.05, 4.69) is 0 Å². The number of hydrogen-bond donors (Lipinski definition) is 6. The van der Waals surface area contributed by atoms with Crippen molar-refractivity contribution in [2.75, 3.05) is 12.4 Å². The molecule has 0 saturated carbocycles. The maximum Gasteiger partial charge on any atom is 0.157 e. The van der Waals surface area contributed by atoms with Crippen LogP contribution in [0.5, 0.6) is 23.0 Å². The molecular weight excluding hydrogens is 355 g/mol. The third kappa shape index (κ3) is 8.12. The first-order valence-corrected chi connectivity index (χ1v) is 7.29. The van der Waals surface area contributed by atoms with Crippen molar-refractivity contribution in [1.82, 2.24) is 6.15 Å². The van der Waals surface area contributed by atoms with Crippen molar-refractivity contribution in [3.63, 3.8) is 0 Å². The Hall–Kier alpha value is -1.86. The summed E-state index contributed by atoms with van der Waals surface area (Å²) in [6.07, 6.45) is 1.42. The summed E-state index contributed by atoms with van der Waals surface area (Å²) in [4.78, 5) is 0. The van der Waals surface area contributed by atoms with Crippen LogP contribution < -0.4 is 11.9 Å². The standard InChI is InChI=1S/C8H9ClO2.C8H11NO2.ClH.H3N/c2*9-4-3-6-1-2-7(10)8(11)5-6;;/h1-2,5,10-11H,3-4H2;1-2,5,10-11H,3-4,9H2;1H;1H3. The van der Waals surface area contributed by atoms with Crippen molar-refractivity contribution in [3.8, 4) is 23.0 Å². The molecule has 0 unspecified atom stereocenters. The molecule has 0 aliphatic rings. The Labute approximate surface area is 152 Å². The van der Waals surface area contributed by atoms with E-state index in [1.54, 1.807) is 12.1 Å². The Bertz CT molecular complexity index is 559. The molecule has 0 atom stereocenters. The Morgan fingerprint density at radius 1 is 0.750 bits per heavy atom. The van der Waals surface area contributed by atoms with Gasteiger partial charge in [-0.1, -0.05) is 12.1 Å². The maximum atomic E-state index is 9.04. The topological polar surface area (TPSA) is 142 Å². The van der Waals surface area contributed by atoms with Gasteiger partial charge in [-0.15, -0.1) is 24.0 Å². The zero-order valence-electron chi connectivity index (χ0n) is 13.2. The van der Waals surface area contributed by atoms with Gasteiger partial charge in [-0.25, -0.2) is 0 Å². The molecule has 9 N–H and O–H groups in total. The smallest absolute Gasteiger partial charge is 0.157 e. The van der Waals surface area contributed by atoms with E-state index in [0.29, 0.717) is 25.3 Å². The molecule has 24 heavy (non-hydrogen) atoms. The number of nitrogens with two attached hydrogens (primary N) is 1. The molecule has 0 aromatic heterocycles. The fraction of sp³-hybridized carbons (Fsp3) is 0.250. The largest absolute Gasteiger partial charge is 0.504 e. The first kappa shape index (κ1) is 24.4. The molecule has 2 aromatic carbocycles. The van der Waals surface area contributed by atoms with E-state index < -0.39 is 0 Å². The molecule has 2 rings (SSSR count). The average molecular weight is 379 g/mol.